The molecule has 2 bridgehead atoms. The van der Waals surface area contributed by atoms with Gasteiger partial charge in [-0.05, 0) is 121 Å². The Morgan fingerprint density at radius 2 is 1.51 bits per heavy atom. The first kappa shape index (κ1) is 57.9. The highest BCUT2D eigenvalue weighted by atomic mass is 35.5. The highest BCUT2D eigenvalue weighted by Crippen LogP contribution is 2.60. The van der Waals surface area contributed by atoms with E-state index in [1.807, 2.05) is 65.0 Å². The van der Waals surface area contributed by atoms with Crippen LogP contribution < -0.4 is 0 Å². The largest absolute Gasteiger partial charge is 0.507 e. The molecule has 3 fully saturated rings. The molecule has 8 N–H and O–H groups in total. The van der Waals surface area contributed by atoms with Crippen molar-refractivity contribution in [3.63, 3.8) is 0 Å². The van der Waals surface area contributed by atoms with E-state index in [2.05, 4.69) is 0 Å². The molecule has 2 saturated heterocycles. The van der Waals surface area contributed by atoms with Crippen molar-refractivity contribution in [2.75, 3.05) is 0 Å². The maximum absolute atomic E-state index is 15.3. The van der Waals surface area contributed by atoms with Crippen LogP contribution in [0.3, 0.4) is 0 Å². The number of halogens is 1. The molecule has 7 aliphatic rings. The van der Waals surface area contributed by atoms with Gasteiger partial charge in [0.25, 0.3) is 5.76 Å². The molecule has 420 valence electrons. The smallest absolute Gasteiger partial charge is 0.379 e. The number of benzene rings is 1. The fourth-order valence-electron chi connectivity index (χ4n) is 13.6. The van der Waals surface area contributed by atoms with E-state index < -0.39 is 160 Å². The van der Waals surface area contributed by atoms with Crippen molar-refractivity contribution in [1.29, 1.82) is 0 Å². The molecule has 76 heavy (non-hydrogen) atoms. The third kappa shape index (κ3) is 9.66. The minimum atomic E-state index is -2.06. The molecule has 23 atom stereocenters. The van der Waals surface area contributed by atoms with Gasteiger partial charge in [0.05, 0.1) is 29.8 Å². The molecule has 0 amide bonds. The van der Waals surface area contributed by atoms with Gasteiger partial charge in [-0.25, -0.2) is 9.59 Å². The summed E-state index contributed by atoms with van der Waals surface area (Å²) in [6.07, 6.45) is -6.96. The van der Waals surface area contributed by atoms with Crippen LogP contribution in [-0.4, -0.2) is 149 Å². The predicted molar refractivity (Wildman–Crippen MR) is 270 cm³/mol. The molecule has 0 aromatic heterocycles. The number of ketones is 1. The molecule has 1 spiro atoms. The zero-order chi connectivity index (χ0) is 56.0. The second kappa shape index (κ2) is 21.1. The monoisotopic (exact) mass is 1090 g/mol. The Morgan fingerprint density at radius 1 is 0.868 bits per heavy atom. The van der Waals surface area contributed by atoms with Gasteiger partial charge in [-0.3, -0.25) is 9.59 Å². The van der Waals surface area contributed by atoms with Crippen molar-refractivity contribution >= 4 is 35.3 Å². The normalized spacial score (nSPS) is 44.1. The van der Waals surface area contributed by atoms with Crippen LogP contribution in [0.2, 0.25) is 5.02 Å². The quantitative estimate of drug-likeness (QED) is 0.0873. The van der Waals surface area contributed by atoms with E-state index in [0.717, 1.165) is 5.57 Å². The number of carbonyl (C=O) groups is 4. The Hall–Kier alpha value is -4.25. The Labute approximate surface area is 447 Å². The van der Waals surface area contributed by atoms with Gasteiger partial charge in [0.15, 0.2) is 35.8 Å². The zero-order valence-corrected chi connectivity index (χ0v) is 45.5. The summed E-state index contributed by atoms with van der Waals surface area (Å²) in [5.74, 6) is -7.96. The summed E-state index contributed by atoms with van der Waals surface area (Å²) in [6, 6.07) is 2.62. The van der Waals surface area contributed by atoms with Gasteiger partial charge in [-0.15, -0.1) is 0 Å². The van der Waals surface area contributed by atoms with Gasteiger partial charge in [0.2, 0.25) is 0 Å². The van der Waals surface area contributed by atoms with E-state index in [0.29, 0.717) is 6.42 Å². The van der Waals surface area contributed by atoms with Crippen molar-refractivity contribution in [1.82, 2.24) is 0 Å². The molecule has 8 rings (SSSR count). The van der Waals surface area contributed by atoms with Gasteiger partial charge in [-0.2, -0.15) is 0 Å². The van der Waals surface area contributed by atoms with E-state index in [4.69, 9.17) is 44.8 Å². The number of Topliss-reactive ketones (excluding diaryl/α,β-unsaturated/α-hetero) is 1. The molecular weight excluding hydrogens is 1010 g/mol. The van der Waals surface area contributed by atoms with Crippen molar-refractivity contribution in [2.45, 2.75) is 187 Å². The lowest BCUT2D eigenvalue weighted by atomic mass is 9.49. The van der Waals surface area contributed by atoms with E-state index in [1.165, 1.54) is 46.8 Å². The van der Waals surface area contributed by atoms with Gasteiger partial charge < -0.3 is 74.0 Å². The Kier molecular flexibility index (Phi) is 16.1. The van der Waals surface area contributed by atoms with Crippen molar-refractivity contribution < 1.29 is 93.2 Å². The van der Waals surface area contributed by atoms with E-state index in [9.17, 15) is 55.2 Å². The third-order valence-electron chi connectivity index (χ3n) is 18.4. The summed E-state index contributed by atoms with van der Waals surface area (Å²) in [7, 11) is 0. The number of hydrogen-bond acceptors (Lipinski definition) is 19. The molecule has 1 unspecified atom stereocenters. The summed E-state index contributed by atoms with van der Waals surface area (Å²) < 4.78 is 42.8. The lowest BCUT2D eigenvalue weighted by Gasteiger charge is -2.56. The number of rotatable bonds is 10. The van der Waals surface area contributed by atoms with Crippen LogP contribution in [-0.2, 0) is 47.5 Å². The first-order valence-electron chi connectivity index (χ1n) is 26.3. The van der Waals surface area contributed by atoms with E-state index in [1.54, 1.807) is 6.92 Å². The fraction of sp³-hybridized carbons (Fsp3) is 0.679. The van der Waals surface area contributed by atoms with Gasteiger partial charge in [0.1, 0.15) is 47.4 Å². The number of esters is 3. The first-order valence-corrected chi connectivity index (χ1v) is 26.7. The molecular formula is C56H75ClO19. The minimum absolute atomic E-state index is 0.0538. The fourth-order valence-corrected chi connectivity index (χ4v) is 13.8. The number of carbonyl (C=O) groups excluding carboxylic acids is 4. The topological polar surface area (TPSA) is 295 Å². The number of hydrogen-bond donors (Lipinski definition) is 8. The second-order valence-corrected chi connectivity index (χ2v) is 23.9. The first-order chi connectivity index (χ1) is 35.4. The van der Waals surface area contributed by atoms with Gasteiger partial charge >= 0.3 is 17.9 Å². The molecule has 1 saturated carbocycles. The summed E-state index contributed by atoms with van der Waals surface area (Å²) in [5, 5.41) is 90.8. The maximum Gasteiger partial charge on any atom is 0.379 e. The lowest BCUT2D eigenvalue weighted by Crippen LogP contribution is -2.64. The number of aliphatic hydroxyl groups excluding tert-OH is 6. The molecule has 1 aromatic carbocycles. The Balaban J connectivity index is 1.04. The van der Waals surface area contributed by atoms with Crippen LogP contribution >= 0.6 is 11.6 Å². The zero-order valence-electron chi connectivity index (χ0n) is 44.8. The highest BCUT2D eigenvalue weighted by Gasteiger charge is 2.65. The number of allylic oxidation sites excluding steroid dienone is 4. The highest BCUT2D eigenvalue weighted by molar-refractivity contribution is 6.32. The summed E-state index contributed by atoms with van der Waals surface area (Å²) in [6.45, 7) is 18.4. The average molecular weight is 1090 g/mol. The second-order valence-electron chi connectivity index (χ2n) is 23.4. The standard InChI is InChI=1S/C56H75ClO19/c1-23-13-12-18-53(9)21-26(4)31(20-36(60)55(11,69)30(8)58)22-56(53)47(65)46(49(67)76-56)75-52(68)54(10)33(23)15-14-32-38(54)24(2)19-25(3)43(32)73-51-42(64)45(39(61)28(6)70-51)74-50-41(63)40(62)44(29(7)71-50)72-48(66)37-27(5)34(57)16-17-35(37)59/h12-17,21,23-25,28-29,31-33,36,38-45,50-51,59-65,69H,18-20,22H2,1-11H3/b13-12+/t23-,24+,25-,28-,29-,31-,32+,33?,36+,38-,39-,40-,41-,42-,43+,44-,45+,50+,51+,53-,54-,55+,56-/m1/s1. The maximum atomic E-state index is 15.3. The number of aliphatic hydroxyl groups is 7. The molecule has 20 heteroatoms. The third-order valence-corrected chi connectivity index (χ3v) is 18.8. The summed E-state index contributed by atoms with van der Waals surface area (Å²) >= 11 is 6.17. The lowest BCUT2D eigenvalue weighted by molar-refractivity contribution is -0.361. The van der Waals surface area contributed by atoms with Gasteiger partial charge in [0, 0.05) is 22.8 Å². The van der Waals surface area contributed by atoms with Crippen molar-refractivity contribution in [3.05, 3.63) is 75.8 Å². The summed E-state index contributed by atoms with van der Waals surface area (Å²) in [5.41, 5.74) is -5.51. The Bertz CT molecular complexity index is 2580. The number of phenolic OH excluding ortho intramolecular Hbond substituents is 1. The molecule has 0 radical (unpaired) electrons. The molecule has 4 aliphatic heterocycles. The van der Waals surface area contributed by atoms with Crippen molar-refractivity contribution in [3.8, 4) is 5.75 Å². The molecule has 4 heterocycles. The van der Waals surface area contributed by atoms with Crippen LogP contribution in [0.1, 0.15) is 111 Å². The van der Waals surface area contributed by atoms with E-state index >= 15 is 4.79 Å². The summed E-state index contributed by atoms with van der Waals surface area (Å²) in [4.78, 5) is 55.0. The predicted octanol–water partition coefficient (Wildman–Crippen LogP) is 4.95. The van der Waals surface area contributed by atoms with Gasteiger partial charge in [-0.1, -0.05) is 75.2 Å². The van der Waals surface area contributed by atoms with Crippen molar-refractivity contribution in [2.24, 2.45) is 52.3 Å². The van der Waals surface area contributed by atoms with Crippen LogP contribution in [0.15, 0.2) is 59.6 Å². The SMILES string of the molecule is CC(=O)[C@](C)(O)[C@@H](O)C[C@@H]1C[C@@]23OC(=O)C(=C2O)OC(=O)[C@]2(C)C(C=C[C@@H]4[C@@H](O[C@@H]5O[C@H](C)[C@@H](O)[C@H](O[C@@H]6O[C@H](C)[C@@H](OC(=O)c7c(O)ccc(Cl)c7C)[C@H](O)[C@H]6O)[C@H]5O)[C@H](C)C[C@H](C)[C@H]42)[C@H](C)/C=C/C[C@]3(C)C=C1C. The van der Waals surface area contributed by atoms with Crippen LogP contribution in [0.5, 0.6) is 5.75 Å². The number of ether oxygens (including phenoxy) is 7. The number of fused-ring (bicyclic) bond motifs is 3. The molecule has 3 aliphatic carbocycles. The van der Waals surface area contributed by atoms with Crippen LogP contribution in [0.25, 0.3) is 0 Å². The number of phenols is 1. The molecule has 1 aromatic rings. The van der Waals surface area contributed by atoms with Crippen LogP contribution in [0, 0.1) is 59.2 Å². The minimum Gasteiger partial charge on any atom is -0.507 e. The molecule has 19 nitrogen and oxygen atoms in total. The van der Waals surface area contributed by atoms with E-state index in [-0.39, 0.29) is 53.2 Å². The average Bonchev–Trinajstić information content (AvgIpc) is 3.58. The number of aromatic hydroxyl groups is 1. The Morgan fingerprint density at radius 3 is 2.18 bits per heavy atom. The van der Waals surface area contributed by atoms with Crippen LogP contribution in [0.4, 0.5) is 0 Å².